The van der Waals surface area contributed by atoms with Crippen LogP contribution in [-0.2, 0) is 11.3 Å². The van der Waals surface area contributed by atoms with Crippen LogP contribution in [0.3, 0.4) is 0 Å². The molecule has 0 heterocycles. The molecule has 0 aliphatic heterocycles. The van der Waals surface area contributed by atoms with Crippen LogP contribution in [0.4, 0.5) is 17.6 Å². The number of alkyl halides is 3. The molecular formula is C22H27ClF4N2O3. The van der Waals surface area contributed by atoms with Crippen LogP contribution in [0.2, 0.25) is 5.02 Å². The fraction of sp³-hybridized carbons (Fsp3) is 0.409. The van der Waals surface area contributed by atoms with Crippen molar-refractivity contribution in [1.29, 1.82) is 0 Å². The third kappa shape index (κ3) is 10.3. The molecule has 2 aromatic carbocycles. The average molecular weight is 479 g/mol. The van der Waals surface area contributed by atoms with Crippen molar-refractivity contribution in [3.05, 3.63) is 58.4 Å². The van der Waals surface area contributed by atoms with E-state index in [-0.39, 0.29) is 5.82 Å². The maximum absolute atomic E-state index is 13.7. The molecule has 0 spiro atoms. The van der Waals surface area contributed by atoms with Crippen LogP contribution < -0.4 is 10.1 Å². The number of nitrogens with zero attached hydrogens (tertiary/aromatic N) is 1. The van der Waals surface area contributed by atoms with Crippen molar-refractivity contribution < 1.29 is 32.2 Å². The van der Waals surface area contributed by atoms with Gasteiger partial charge in [-0.1, -0.05) is 18.5 Å². The summed E-state index contributed by atoms with van der Waals surface area (Å²) in [5, 5.41) is 11.2. The molecule has 2 aromatic rings. The standard InChI is InChI=1S/C20H26ClFN2O.C2HF3O2/c1-14(13-24(3)4)11-23-12-16-10-18(22)6-8-20(16)25-19-7-5-17(21)9-15(19)2;3-2(4,5)1(6)7/h5-10,14,23H,11-13H2,1-4H3;(H,6,7). The Morgan fingerprint density at radius 1 is 1.19 bits per heavy atom. The van der Waals surface area contributed by atoms with Crippen molar-refractivity contribution >= 4 is 17.6 Å². The number of carboxylic acid groups (broad SMARTS) is 1. The van der Waals surface area contributed by atoms with E-state index in [4.69, 9.17) is 26.2 Å². The van der Waals surface area contributed by atoms with Crippen molar-refractivity contribution in [2.75, 3.05) is 27.2 Å². The van der Waals surface area contributed by atoms with Gasteiger partial charge in [-0.25, -0.2) is 9.18 Å². The summed E-state index contributed by atoms with van der Waals surface area (Å²) in [6.07, 6.45) is -5.08. The molecule has 0 aliphatic rings. The first-order chi connectivity index (χ1) is 14.8. The number of halogens is 5. The molecule has 0 fully saturated rings. The van der Waals surface area contributed by atoms with Gasteiger partial charge in [0, 0.05) is 23.7 Å². The summed E-state index contributed by atoms with van der Waals surface area (Å²) >= 11 is 5.99. The van der Waals surface area contributed by atoms with Crippen LogP contribution in [-0.4, -0.2) is 49.3 Å². The van der Waals surface area contributed by atoms with E-state index >= 15 is 0 Å². The second-order valence-corrected chi connectivity index (χ2v) is 8.00. The van der Waals surface area contributed by atoms with Crippen LogP contribution in [0.5, 0.6) is 11.5 Å². The zero-order valence-corrected chi connectivity index (χ0v) is 19.0. The number of nitrogens with one attached hydrogen (secondary N) is 1. The van der Waals surface area contributed by atoms with Gasteiger partial charge in [0.05, 0.1) is 0 Å². The topological polar surface area (TPSA) is 61.8 Å². The number of rotatable bonds is 8. The minimum atomic E-state index is -5.08. The molecule has 0 aromatic heterocycles. The number of carboxylic acids is 1. The first kappa shape index (κ1) is 27.7. The quantitative estimate of drug-likeness (QED) is 0.490. The second-order valence-electron chi connectivity index (χ2n) is 7.57. The lowest BCUT2D eigenvalue weighted by Gasteiger charge is -2.18. The van der Waals surface area contributed by atoms with Crippen LogP contribution in [0.15, 0.2) is 36.4 Å². The molecular weight excluding hydrogens is 452 g/mol. The Bertz CT molecular complexity index is 892. The Kier molecular flexibility index (Phi) is 10.9. The number of carbonyl (C=O) groups is 1. The van der Waals surface area contributed by atoms with E-state index in [2.05, 4.69) is 31.2 Å². The van der Waals surface area contributed by atoms with Crippen LogP contribution in [0.1, 0.15) is 18.1 Å². The lowest BCUT2D eigenvalue weighted by Crippen LogP contribution is -2.28. The molecule has 5 nitrogen and oxygen atoms in total. The maximum atomic E-state index is 13.7. The summed E-state index contributed by atoms with van der Waals surface area (Å²) in [7, 11) is 4.12. The summed E-state index contributed by atoms with van der Waals surface area (Å²) in [5.41, 5.74) is 1.74. The number of aliphatic carboxylic acids is 1. The summed E-state index contributed by atoms with van der Waals surface area (Å²) in [6, 6.07) is 10.1. The Hall–Kier alpha value is -2.36. The third-order valence-electron chi connectivity index (χ3n) is 4.11. The minimum Gasteiger partial charge on any atom is -0.475 e. The van der Waals surface area contributed by atoms with Gasteiger partial charge < -0.3 is 20.1 Å². The van der Waals surface area contributed by atoms with Gasteiger partial charge in [-0.05, 0) is 75.4 Å². The van der Waals surface area contributed by atoms with Gasteiger partial charge in [0.15, 0.2) is 0 Å². The number of benzene rings is 2. The highest BCUT2D eigenvalue weighted by Crippen LogP contribution is 2.30. The predicted octanol–water partition coefficient (Wildman–Crippen LogP) is 5.50. The average Bonchev–Trinajstić information content (AvgIpc) is 2.65. The highest BCUT2D eigenvalue weighted by Gasteiger charge is 2.38. The zero-order chi connectivity index (χ0) is 24.5. The lowest BCUT2D eigenvalue weighted by molar-refractivity contribution is -0.192. The second kappa shape index (κ2) is 12.6. The zero-order valence-electron chi connectivity index (χ0n) is 18.3. The van der Waals surface area contributed by atoms with Crippen LogP contribution >= 0.6 is 11.6 Å². The lowest BCUT2D eigenvalue weighted by atomic mass is 10.1. The Morgan fingerprint density at radius 3 is 2.31 bits per heavy atom. The van der Waals surface area contributed by atoms with Crippen molar-refractivity contribution in [2.24, 2.45) is 5.92 Å². The summed E-state index contributed by atoms with van der Waals surface area (Å²) in [5.74, 6) is -1.14. The van der Waals surface area contributed by atoms with Gasteiger partial charge >= 0.3 is 12.1 Å². The number of aryl methyl sites for hydroxylation is 1. The summed E-state index contributed by atoms with van der Waals surface area (Å²) in [6.45, 7) is 6.54. The Labute approximate surface area is 189 Å². The third-order valence-corrected chi connectivity index (χ3v) is 4.34. The van der Waals surface area contributed by atoms with Gasteiger partial charge in [-0.15, -0.1) is 0 Å². The molecule has 0 radical (unpaired) electrons. The molecule has 178 valence electrons. The SMILES string of the molecule is Cc1cc(Cl)ccc1Oc1ccc(F)cc1CNCC(C)CN(C)C.O=C(O)C(F)(F)F. The molecule has 1 atom stereocenters. The van der Waals surface area contributed by atoms with Gasteiger partial charge in [0.2, 0.25) is 0 Å². The fourth-order valence-corrected chi connectivity index (χ4v) is 3.00. The van der Waals surface area contributed by atoms with Gasteiger partial charge in [-0.3, -0.25) is 0 Å². The Balaban J connectivity index is 0.000000633. The van der Waals surface area contributed by atoms with E-state index in [9.17, 15) is 17.6 Å². The molecule has 0 saturated heterocycles. The summed E-state index contributed by atoms with van der Waals surface area (Å²) in [4.78, 5) is 11.1. The van der Waals surface area contributed by atoms with E-state index in [0.29, 0.717) is 23.2 Å². The molecule has 2 rings (SSSR count). The fourth-order valence-electron chi connectivity index (χ4n) is 2.77. The highest BCUT2D eigenvalue weighted by molar-refractivity contribution is 6.30. The van der Waals surface area contributed by atoms with Gasteiger partial charge in [-0.2, -0.15) is 13.2 Å². The monoisotopic (exact) mass is 478 g/mol. The van der Waals surface area contributed by atoms with Crippen LogP contribution in [0, 0.1) is 18.7 Å². The molecule has 0 amide bonds. The van der Waals surface area contributed by atoms with E-state index in [1.165, 1.54) is 12.1 Å². The van der Waals surface area contributed by atoms with Crippen molar-refractivity contribution in [3.63, 3.8) is 0 Å². The normalized spacial score (nSPS) is 12.2. The van der Waals surface area contributed by atoms with Crippen molar-refractivity contribution in [2.45, 2.75) is 26.6 Å². The number of hydrogen-bond donors (Lipinski definition) is 2. The first-order valence-electron chi connectivity index (χ1n) is 9.67. The van der Waals surface area contributed by atoms with Crippen molar-refractivity contribution in [3.8, 4) is 11.5 Å². The Morgan fingerprint density at radius 2 is 1.78 bits per heavy atom. The van der Waals surface area contributed by atoms with E-state index < -0.39 is 12.1 Å². The smallest absolute Gasteiger partial charge is 0.475 e. The predicted molar refractivity (Wildman–Crippen MR) is 116 cm³/mol. The highest BCUT2D eigenvalue weighted by atomic mass is 35.5. The van der Waals surface area contributed by atoms with Crippen molar-refractivity contribution in [1.82, 2.24) is 10.2 Å². The molecule has 2 N–H and O–H groups in total. The minimum absolute atomic E-state index is 0.265. The van der Waals surface area contributed by atoms with E-state index in [1.54, 1.807) is 12.1 Å². The largest absolute Gasteiger partial charge is 0.490 e. The number of hydrogen-bond acceptors (Lipinski definition) is 4. The number of ether oxygens (including phenoxy) is 1. The van der Waals surface area contributed by atoms with E-state index in [1.807, 2.05) is 19.1 Å². The van der Waals surface area contributed by atoms with Gasteiger partial charge in [0.1, 0.15) is 17.3 Å². The molecule has 32 heavy (non-hydrogen) atoms. The molecule has 0 bridgehead atoms. The summed E-state index contributed by atoms with van der Waals surface area (Å²) < 4.78 is 51.4. The van der Waals surface area contributed by atoms with Gasteiger partial charge in [0.25, 0.3) is 0 Å². The van der Waals surface area contributed by atoms with E-state index in [0.717, 1.165) is 30.0 Å². The molecule has 0 aliphatic carbocycles. The maximum Gasteiger partial charge on any atom is 0.490 e. The molecule has 1 unspecified atom stereocenters. The molecule has 10 heteroatoms. The molecule has 0 saturated carbocycles. The van der Waals surface area contributed by atoms with Crippen LogP contribution in [0.25, 0.3) is 0 Å². The first-order valence-corrected chi connectivity index (χ1v) is 10.1.